The van der Waals surface area contributed by atoms with Gasteiger partial charge in [0.25, 0.3) is 0 Å². The highest BCUT2D eigenvalue weighted by Crippen LogP contribution is 2.18. The fourth-order valence-corrected chi connectivity index (χ4v) is 2.00. The van der Waals surface area contributed by atoms with Gasteiger partial charge < -0.3 is 9.30 Å². The third-order valence-electron chi connectivity index (χ3n) is 2.45. The SMILES string of the molecule is CCCn1cncc1COc1cccc(Br)c1. The molecule has 0 N–H and O–H groups in total. The fourth-order valence-electron chi connectivity index (χ4n) is 1.62. The Bertz CT molecular complexity index is 482. The van der Waals surface area contributed by atoms with Crippen molar-refractivity contribution in [2.75, 3.05) is 0 Å². The second-order valence-corrected chi connectivity index (χ2v) is 4.74. The molecule has 3 nitrogen and oxygen atoms in total. The summed E-state index contributed by atoms with van der Waals surface area (Å²) in [6.07, 6.45) is 4.80. The summed E-state index contributed by atoms with van der Waals surface area (Å²) in [6, 6.07) is 7.85. The van der Waals surface area contributed by atoms with Crippen LogP contribution in [0.5, 0.6) is 5.75 Å². The molecule has 0 fully saturated rings. The molecule has 0 aliphatic rings. The minimum absolute atomic E-state index is 0.552. The van der Waals surface area contributed by atoms with Gasteiger partial charge in [0.05, 0.1) is 18.2 Å². The van der Waals surface area contributed by atoms with Gasteiger partial charge in [-0.1, -0.05) is 28.9 Å². The first-order valence-corrected chi connectivity index (χ1v) is 6.46. The van der Waals surface area contributed by atoms with E-state index in [1.165, 1.54) is 0 Å². The van der Waals surface area contributed by atoms with Gasteiger partial charge in [-0.3, -0.25) is 0 Å². The van der Waals surface area contributed by atoms with Crippen LogP contribution in [0.4, 0.5) is 0 Å². The smallest absolute Gasteiger partial charge is 0.130 e. The maximum absolute atomic E-state index is 5.73. The largest absolute Gasteiger partial charge is 0.487 e. The molecule has 0 aliphatic carbocycles. The molecule has 1 aromatic carbocycles. The van der Waals surface area contributed by atoms with Crippen molar-refractivity contribution in [3.05, 3.63) is 47.0 Å². The molecule has 4 heteroatoms. The van der Waals surface area contributed by atoms with Gasteiger partial charge in [0.2, 0.25) is 0 Å². The number of halogens is 1. The standard InChI is InChI=1S/C13H15BrN2O/c1-2-6-16-10-15-8-12(16)9-17-13-5-3-4-11(14)7-13/h3-5,7-8,10H,2,6,9H2,1H3. The van der Waals surface area contributed by atoms with Crippen molar-refractivity contribution in [1.29, 1.82) is 0 Å². The van der Waals surface area contributed by atoms with Crippen LogP contribution in [-0.2, 0) is 13.2 Å². The summed E-state index contributed by atoms with van der Waals surface area (Å²) in [7, 11) is 0. The summed E-state index contributed by atoms with van der Waals surface area (Å²) >= 11 is 3.42. The molecular formula is C13H15BrN2O. The van der Waals surface area contributed by atoms with Crippen molar-refractivity contribution in [3.8, 4) is 5.75 Å². The van der Waals surface area contributed by atoms with Crippen LogP contribution in [-0.4, -0.2) is 9.55 Å². The van der Waals surface area contributed by atoms with Crippen molar-refractivity contribution >= 4 is 15.9 Å². The Balaban J connectivity index is 1.99. The second-order valence-electron chi connectivity index (χ2n) is 3.82. The van der Waals surface area contributed by atoms with E-state index in [-0.39, 0.29) is 0 Å². The molecule has 0 saturated carbocycles. The minimum Gasteiger partial charge on any atom is -0.487 e. The molecule has 0 saturated heterocycles. The van der Waals surface area contributed by atoms with Crippen molar-refractivity contribution in [2.45, 2.75) is 26.5 Å². The Labute approximate surface area is 110 Å². The lowest BCUT2D eigenvalue weighted by atomic mass is 10.3. The molecule has 0 bridgehead atoms. The number of aryl methyl sites for hydroxylation is 1. The minimum atomic E-state index is 0.552. The molecule has 2 aromatic rings. The number of hydrogen-bond donors (Lipinski definition) is 0. The Kier molecular flexibility index (Phi) is 4.20. The van der Waals surface area contributed by atoms with Crippen molar-refractivity contribution in [2.24, 2.45) is 0 Å². The molecule has 1 heterocycles. The van der Waals surface area contributed by atoms with Crippen LogP contribution in [0.2, 0.25) is 0 Å². The number of imidazole rings is 1. The molecular weight excluding hydrogens is 280 g/mol. The number of nitrogens with zero attached hydrogens (tertiary/aromatic N) is 2. The van der Waals surface area contributed by atoms with Gasteiger partial charge in [0.1, 0.15) is 12.4 Å². The Morgan fingerprint density at radius 1 is 1.41 bits per heavy atom. The van der Waals surface area contributed by atoms with Crippen LogP contribution in [0.15, 0.2) is 41.3 Å². The average Bonchev–Trinajstić information content (AvgIpc) is 2.75. The van der Waals surface area contributed by atoms with E-state index in [2.05, 4.69) is 32.4 Å². The van der Waals surface area contributed by atoms with Crippen molar-refractivity contribution in [1.82, 2.24) is 9.55 Å². The maximum Gasteiger partial charge on any atom is 0.130 e. The van der Waals surface area contributed by atoms with Crippen LogP contribution in [0.25, 0.3) is 0 Å². The summed E-state index contributed by atoms with van der Waals surface area (Å²) in [5.74, 6) is 0.864. The predicted molar refractivity (Wildman–Crippen MR) is 71.0 cm³/mol. The second kappa shape index (κ2) is 5.87. The van der Waals surface area contributed by atoms with Crippen LogP contribution >= 0.6 is 15.9 Å². The number of ether oxygens (including phenoxy) is 1. The van der Waals surface area contributed by atoms with Crippen molar-refractivity contribution < 1.29 is 4.74 Å². The maximum atomic E-state index is 5.73. The highest BCUT2D eigenvalue weighted by Gasteiger charge is 2.02. The highest BCUT2D eigenvalue weighted by molar-refractivity contribution is 9.10. The molecule has 0 atom stereocenters. The molecule has 0 radical (unpaired) electrons. The summed E-state index contributed by atoms with van der Waals surface area (Å²) in [5.41, 5.74) is 1.10. The van der Waals surface area contributed by atoms with Gasteiger partial charge in [-0.25, -0.2) is 4.98 Å². The number of rotatable bonds is 5. The summed E-state index contributed by atoms with van der Waals surface area (Å²) in [6.45, 7) is 3.69. The molecule has 17 heavy (non-hydrogen) atoms. The highest BCUT2D eigenvalue weighted by atomic mass is 79.9. The zero-order chi connectivity index (χ0) is 12.1. The van der Waals surface area contributed by atoms with Crippen molar-refractivity contribution in [3.63, 3.8) is 0 Å². The van der Waals surface area contributed by atoms with Gasteiger partial charge in [0.15, 0.2) is 0 Å². The molecule has 90 valence electrons. The molecule has 0 unspecified atom stereocenters. The summed E-state index contributed by atoms with van der Waals surface area (Å²) in [4.78, 5) is 4.14. The zero-order valence-electron chi connectivity index (χ0n) is 9.77. The number of aromatic nitrogens is 2. The number of hydrogen-bond acceptors (Lipinski definition) is 2. The van der Waals surface area contributed by atoms with E-state index in [4.69, 9.17) is 4.74 Å². The van der Waals surface area contributed by atoms with E-state index in [1.54, 1.807) is 0 Å². The van der Waals surface area contributed by atoms with E-state index in [0.717, 1.165) is 28.9 Å². The zero-order valence-corrected chi connectivity index (χ0v) is 11.4. The van der Waals surface area contributed by atoms with Gasteiger partial charge in [-0.15, -0.1) is 0 Å². The van der Waals surface area contributed by atoms with Crippen LogP contribution in [0, 0.1) is 0 Å². The van der Waals surface area contributed by atoms with Crippen LogP contribution in [0.3, 0.4) is 0 Å². The van der Waals surface area contributed by atoms with Gasteiger partial charge in [-0.2, -0.15) is 0 Å². The van der Waals surface area contributed by atoms with E-state index in [9.17, 15) is 0 Å². The Morgan fingerprint density at radius 3 is 3.06 bits per heavy atom. The fraction of sp³-hybridized carbons (Fsp3) is 0.308. The molecule has 2 rings (SSSR count). The average molecular weight is 295 g/mol. The van der Waals surface area contributed by atoms with E-state index < -0.39 is 0 Å². The lowest BCUT2D eigenvalue weighted by Gasteiger charge is -2.09. The first-order valence-electron chi connectivity index (χ1n) is 5.67. The topological polar surface area (TPSA) is 27.1 Å². The third-order valence-corrected chi connectivity index (χ3v) is 2.94. The summed E-state index contributed by atoms with van der Waals surface area (Å²) in [5, 5.41) is 0. The Morgan fingerprint density at radius 2 is 2.29 bits per heavy atom. The van der Waals surface area contributed by atoms with E-state index in [1.807, 2.05) is 36.8 Å². The van der Waals surface area contributed by atoms with E-state index in [0.29, 0.717) is 6.61 Å². The molecule has 1 aromatic heterocycles. The number of benzene rings is 1. The quantitative estimate of drug-likeness (QED) is 0.842. The summed E-state index contributed by atoms with van der Waals surface area (Å²) < 4.78 is 8.88. The molecule has 0 aliphatic heterocycles. The normalized spacial score (nSPS) is 10.5. The van der Waals surface area contributed by atoms with Crippen LogP contribution in [0.1, 0.15) is 19.0 Å². The Hall–Kier alpha value is -1.29. The first kappa shape index (κ1) is 12.2. The monoisotopic (exact) mass is 294 g/mol. The van der Waals surface area contributed by atoms with E-state index >= 15 is 0 Å². The third kappa shape index (κ3) is 3.33. The van der Waals surface area contributed by atoms with Gasteiger partial charge >= 0.3 is 0 Å². The first-order chi connectivity index (χ1) is 8.29. The van der Waals surface area contributed by atoms with Gasteiger partial charge in [0, 0.05) is 11.0 Å². The predicted octanol–water partition coefficient (Wildman–Crippen LogP) is 3.63. The van der Waals surface area contributed by atoms with Crippen LogP contribution < -0.4 is 4.74 Å². The molecule has 0 spiro atoms. The molecule has 0 amide bonds. The van der Waals surface area contributed by atoms with Gasteiger partial charge in [-0.05, 0) is 24.6 Å². The lowest BCUT2D eigenvalue weighted by Crippen LogP contribution is -2.04. The lowest BCUT2D eigenvalue weighted by molar-refractivity contribution is 0.294.